The van der Waals surface area contributed by atoms with Crippen molar-refractivity contribution < 1.29 is 14.6 Å². The van der Waals surface area contributed by atoms with Gasteiger partial charge in [-0.1, -0.05) is 18.5 Å². The summed E-state index contributed by atoms with van der Waals surface area (Å²) >= 11 is 5.93. The van der Waals surface area contributed by atoms with Gasteiger partial charge in [-0.05, 0) is 30.5 Å². The first-order valence-corrected chi connectivity index (χ1v) is 7.39. The van der Waals surface area contributed by atoms with Crippen molar-refractivity contribution in [2.45, 2.75) is 19.8 Å². The van der Waals surface area contributed by atoms with Gasteiger partial charge in [-0.3, -0.25) is 4.79 Å². The third-order valence-corrected chi connectivity index (χ3v) is 3.33. The van der Waals surface area contributed by atoms with E-state index in [4.69, 9.17) is 21.4 Å². The molecule has 1 aromatic carbocycles. The second-order valence-corrected chi connectivity index (χ2v) is 5.38. The van der Waals surface area contributed by atoms with Crippen molar-refractivity contribution in [3.8, 4) is 5.75 Å². The van der Waals surface area contributed by atoms with Crippen molar-refractivity contribution in [1.82, 2.24) is 5.32 Å². The Labute approximate surface area is 130 Å². The highest BCUT2D eigenvalue weighted by molar-refractivity contribution is 6.30. The van der Waals surface area contributed by atoms with Crippen molar-refractivity contribution in [1.29, 1.82) is 0 Å². The number of aliphatic hydroxyl groups excluding tert-OH is 1. The molecule has 0 radical (unpaired) electrons. The number of carbonyl (C=O) groups is 1. The fraction of sp³-hybridized carbons (Fsp3) is 0.533. The van der Waals surface area contributed by atoms with E-state index in [9.17, 15) is 4.79 Å². The van der Waals surface area contributed by atoms with Gasteiger partial charge in [0.15, 0.2) is 0 Å². The molecule has 6 heteroatoms. The number of ether oxygens (including phenoxy) is 1. The first-order valence-electron chi connectivity index (χ1n) is 7.01. The standard InChI is InChI=1S/C15H23ClN2O3/c1-11(6-8-19)10-18-15(20)5-7-17-13-9-12(16)3-4-14(13)21-2/h3-4,9,11,17,19H,5-8,10H2,1-2H3,(H,18,20). The Morgan fingerprint density at radius 2 is 2.24 bits per heavy atom. The zero-order chi connectivity index (χ0) is 15.7. The van der Waals surface area contributed by atoms with E-state index in [1.165, 1.54) is 0 Å². The van der Waals surface area contributed by atoms with Gasteiger partial charge in [0.25, 0.3) is 0 Å². The van der Waals surface area contributed by atoms with Gasteiger partial charge in [0, 0.05) is 31.1 Å². The fourth-order valence-corrected chi connectivity index (χ4v) is 2.00. The molecule has 0 saturated carbocycles. The van der Waals surface area contributed by atoms with Gasteiger partial charge in [0.1, 0.15) is 5.75 Å². The van der Waals surface area contributed by atoms with E-state index in [-0.39, 0.29) is 18.4 Å². The van der Waals surface area contributed by atoms with E-state index in [1.54, 1.807) is 25.3 Å². The average molecular weight is 315 g/mol. The predicted octanol–water partition coefficient (Wildman–Crippen LogP) is 2.29. The maximum atomic E-state index is 11.7. The van der Waals surface area contributed by atoms with Gasteiger partial charge in [0.2, 0.25) is 5.91 Å². The highest BCUT2D eigenvalue weighted by atomic mass is 35.5. The number of anilines is 1. The molecule has 1 aromatic rings. The maximum absolute atomic E-state index is 11.7. The number of nitrogens with one attached hydrogen (secondary N) is 2. The minimum absolute atomic E-state index is 0.0201. The van der Waals surface area contributed by atoms with Gasteiger partial charge in [-0.25, -0.2) is 0 Å². The van der Waals surface area contributed by atoms with Crippen molar-refractivity contribution >= 4 is 23.2 Å². The van der Waals surface area contributed by atoms with Crippen LogP contribution in [0.3, 0.4) is 0 Å². The zero-order valence-corrected chi connectivity index (χ0v) is 13.2. The lowest BCUT2D eigenvalue weighted by Gasteiger charge is -2.13. The number of halogens is 1. The molecule has 0 aliphatic carbocycles. The molecule has 118 valence electrons. The van der Waals surface area contributed by atoms with Crippen LogP contribution in [0.4, 0.5) is 5.69 Å². The molecule has 0 spiro atoms. The molecule has 0 aliphatic heterocycles. The molecule has 5 nitrogen and oxygen atoms in total. The minimum Gasteiger partial charge on any atom is -0.495 e. The van der Waals surface area contributed by atoms with Gasteiger partial charge in [-0.2, -0.15) is 0 Å². The average Bonchev–Trinajstić information content (AvgIpc) is 2.46. The molecular weight excluding hydrogens is 292 g/mol. The Kier molecular flexibility index (Phi) is 7.93. The zero-order valence-electron chi connectivity index (χ0n) is 12.5. The molecule has 0 heterocycles. The number of hydrogen-bond acceptors (Lipinski definition) is 4. The summed E-state index contributed by atoms with van der Waals surface area (Å²) in [5, 5.41) is 15.4. The highest BCUT2D eigenvalue weighted by Gasteiger charge is 2.07. The first kappa shape index (κ1) is 17.6. The summed E-state index contributed by atoms with van der Waals surface area (Å²) in [4.78, 5) is 11.7. The van der Waals surface area contributed by atoms with Crippen LogP contribution in [0.1, 0.15) is 19.8 Å². The Balaban J connectivity index is 2.33. The van der Waals surface area contributed by atoms with E-state index in [2.05, 4.69) is 10.6 Å². The molecule has 1 rings (SSSR count). The predicted molar refractivity (Wildman–Crippen MR) is 85.0 cm³/mol. The van der Waals surface area contributed by atoms with Crippen LogP contribution >= 0.6 is 11.6 Å². The Bertz CT molecular complexity index is 455. The third kappa shape index (κ3) is 6.69. The van der Waals surface area contributed by atoms with Gasteiger partial charge in [0.05, 0.1) is 12.8 Å². The van der Waals surface area contributed by atoms with Crippen LogP contribution in [-0.4, -0.2) is 37.8 Å². The van der Waals surface area contributed by atoms with Crippen molar-refractivity contribution in [3.63, 3.8) is 0 Å². The molecule has 3 N–H and O–H groups in total. The van der Waals surface area contributed by atoms with Crippen LogP contribution in [0, 0.1) is 5.92 Å². The number of hydrogen-bond donors (Lipinski definition) is 3. The van der Waals surface area contributed by atoms with E-state index < -0.39 is 0 Å². The fourth-order valence-electron chi connectivity index (χ4n) is 1.83. The van der Waals surface area contributed by atoms with Crippen LogP contribution in [-0.2, 0) is 4.79 Å². The van der Waals surface area contributed by atoms with E-state index in [0.29, 0.717) is 36.7 Å². The molecule has 21 heavy (non-hydrogen) atoms. The highest BCUT2D eigenvalue weighted by Crippen LogP contribution is 2.27. The van der Waals surface area contributed by atoms with Gasteiger partial charge >= 0.3 is 0 Å². The number of methoxy groups -OCH3 is 1. The largest absolute Gasteiger partial charge is 0.495 e. The minimum atomic E-state index is -0.0201. The SMILES string of the molecule is COc1ccc(Cl)cc1NCCC(=O)NCC(C)CCO. The monoisotopic (exact) mass is 314 g/mol. The molecule has 0 aliphatic rings. The summed E-state index contributed by atoms with van der Waals surface area (Å²) in [6.45, 7) is 3.22. The molecule has 0 fully saturated rings. The van der Waals surface area contributed by atoms with Crippen LogP contribution in [0.15, 0.2) is 18.2 Å². The van der Waals surface area contributed by atoms with Crippen LogP contribution in [0.2, 0.25) is 5.02 Å². The van der Waals surface area contributed by atoms with E-state index >= 15 is 0 Å². The molecule has 1 amide bonds. The number of carbonyl (C=O) groups excluding carboxylic acids is 1. The topological polar surface area (TPSA) is 70.6 Å². The first-order chi connectivity index (χ1) is 10.1. The van der Waals surface area contributed by atoms with E-state index in [0.717, 1.165) is 5.69 Å². The molecular formula is C15H23ClN2O3. The Morgan fingerprint density at radius 3 is 2.90 bits per heavy atom. The number of aliphatic hydroxyl groups is 1. The third-order valence-electron chi connectivity index (χ3n) is 3.10. The summed E-state index contributed by atoms with van der Waals surface area (Å²) in [5.41, 5.74) is 0.770. The Morgan fingerprint density at radius 1 is 1.48 bits per heavy atom. The summed E-state index contributed by atoms with van der Waals surface area (Å²) in [5.74, 6) is 0.949. The second-order valence-electron chi connectivity index (χ2n) is 4.94. The lowest BCUT2D eigenvalue weighted by molar-refractivity contribution is -0.121. The normalized spacial score (nSPS) is 11.8. The molecule has 0 saturated heterocycles. The Hall–Kier alpha value is -1.46. The number of amides is 1. The summed E-state index contributed by atoms with van der Waals surface area (Å²) in [7, 11) is 1.59. The second kappa shape index (κ2) is 9.47. The molecule has 0 bridgehead atoms. The van der Waals surface area contributed by atoms with Gasteiger partial charge < -0.3 is 20.5 Å². The molecule has 0 aromatic heterocycles. The maximum Gasteiger partial charge on any atom is 0.221 e. The number of benzene rings is 1. The molecule has 1 atom stereocenters. The molecule has 1 unspecified atom stereocenters. The van der Waals surface area contributed by atoms with Gasteiger partial charge in [-0.15, -0.1) is 0 Å². The van der Waals surface area contributed by atoms with Crippen LogP contribution in [0.5, 0.6) is 5.75 Å². The van der Waals surface area contributed by atoms with E-state index in [1.807, 2.05) is 6.92 Å². The quantitative estimate of drug-likeness (QED) is 0.654. The summed E-state index contributed by atoms with van der Waals surface area (Å²) in [6.07, 6.45) is 1.06. The van der Waals surface area contributed by atoms with Crippen molar-refractivity contribution in [3.05, 3.63) is 23.2 Å². The van der Waals surface area contributed by atoms with Crippen LogP contribution in [0.25, 0.3) is 0 Å². The lowest BCUT2D eigenvalue weighted by atomic mass is 10.1. The van der Waals surface area contributed by atoms with Crippen molar-refractivity contribution in [2.24, 2.45) is 5.92 Å². The summed E-state index contributed by atoms with van der Waals surface area (Å²) < 4.78 is 5.22. The van der Waals surface area contributed by atoms with Crippen molar-refractivity contribution in [2.75, 3.05) is 32.1 Å². The number of rotatable bonds is 9. The summed E-state index contributed by atoms with van der Waals surface area (Å²) in [6, 6.07) is 5.30. The van der Waals surface area contributed by atoms with Crippen LogP contribution < -0.4 is 15.4 Å². The smallest absolute Gasteiger partial charge is 0.221 e. The lowest BCUT2D eigenvalue weighted by Crippen LogP contribution is -2.29.